The highest BCUT2D eigenvalue weighted by Gasteiger charge is 2.24. The summed E-state index contributed by atoms with van der Waals surface area (Å²) in [5, 5.41) is 9.55. The second kappa shape index (κ2) is 7.74. The first kappa shape index (κ1) is 17.5. The molecule has 0 aliphatic carbocycles. The summed E-state index contributed by atoms with van der Waals surface area (Å²) in [6.45, 7) is 0.287. The van der Waals surface area contributed by atoms with Gasteiger partial charge in [-0.2, -0.15) is 0 Å². The van der Waals surface area contributed by atoms with Crippen LogP contribution in [0.1, 0.15) is 11.1 Å². The number of fused-ring (bicyclic) bond motifs is 1. The van der Waals surface area contributed by atoms with Gasteiger partial charge in [-0.05, 0) is 41.8 Å². The number of methoxy groups -OCH3 is 1. The summed E-state index contributed by atoms with van der Waals surface area (Å²) in [6.07, 6.45) is 3.56. The van der Waals surface area contributed by atoms with Crippen molar-refractivity contribution in [1.29, 1.82) is 0 Å². The number of phenols is 1. The van der Waals surface area contributed by atoms with Crippen LogP contribution in [-0.4, -0.2) is 37.2 Å². The Morgan fingerprint density at radius 1 is 1.23 bits per heavy atom. The lowest BCUT2D eigenvalue weighted by Gasteiger charge is -2.16. The molecule has 3 rings (SSSR count). The number of esters is 1. The molecule has 1 amide bonds. The molecule has 0 saturated carbocycles. The molecule has 0 aromatic heterocycles. The van der Waals surface area contributed by atoms with E-state index in [0.717, 1.165) is 17.7 Å². The van der Waals surface area contributed by atoms with Crippen LogP contribution in [0.25, 0.3) is 6.08 Å². The van der Waals surface area contributed by atoms with E-state index in [0.29, 0.717) is 17.9 Å². The first-order valence-corrected chi connectivity index (χ1v) is 8.18. The average molecular weight is 353 g/mol. The monoisotopic (exact) mass is 353 g/mol. The fourth-order valence-corrected chi connectivity index (χ4v) is 2.82. The molecule has 2 aromatic carbocycles. The summed E-state index contributed by atoms with van der Waals surface area (Å²) in [4.78, 5) is 25.8. The fourth-order valence-electron chi connectivity index (χ4n) is 2.82. The van der Waals surface area contributed by atoms with Gasteiger partial charge in [-0.15, -0.1) is 0 Å². The molecule has 0 fully saturated rings. The Morgan fingerprint density at radius 2 is 2.04 bits per heavy atom. The highest BCUT2D eigenvalue weighted by atomic mass is 16.5. The first-order chi connectivity index (χ1) is 12.6. The van der Waals surface area contributed by atoms with Gasteiger partial charge in [-0.1, -0.05) is 24.3 Å². The van der Waals surface area contributed by atoms with E-state index >= 15 is 0 Å². The van der Waals surface area contributed by atoms with E-state index in [9.17, 15) is 14.7 Å². The first-order valence-electron chi connectivity index (χ1n) is 8.18. The summed E-state index contributed by atoms with van der Waals surface area (Å²) in [7, 11) is 1.44. The maximum Gasteiger partial charge on any atom is 0.331 e. The van der Waals surface area contributed by atoms with E-state index in [-0.39, 0.29) is 18.3 Å². The minimum Gasteiger partial charge on any atom is -0.504 e. The number of rotatable bonds is 5. The molecule has 1 heterocycles. The molecule has 26 heavy (non-hydrogen) atoms. The van der Waals surface area contributed by atoms with Gasteiger partial charge in [-0.3, -0.25) is 4.79 Å². The van der Waals surface area contributed by atoms with E-state index in [2.05, 4.69) is 0 Å². The van der Waals surface area contributed by atoms with Gasteiger partial charge >= 0.3 is 5.97 Å². The van der Waals surface area contributed by atoms with Gasteiger partial charge in [0.15, 0.2) is 18.1 Å². The number of amides is 1. The van der Waals surface area contributed by atoms with Gasteiger partial charge in [0.05, 0.1) is 7.11 Å². The van der Waals surface area contributed by atoms with Crippen LogP contribution in [0.2, 0.25) is 0 Å². The zero-order valence-electron chi connectivity index (χ0n) is 14.3. The second-order valence-corrected chi connectivity index (χ2v) is 5.80. The van der Waals surface area contributed by atoms with Gasteiger partial charge in [0.2, 0.25) is 0 Å². The van der Waals surface area contributed by atoms with Crippen molar-refractivity contribution in [2.45, 2.75) is 6.42 Å². The molecule has 2 aromatic rings. The molecule has 6 nitrogen and oxygen atoms in total. The molecule has 0 spiro atoms. The second-order valence-electron chi connectivity index (χ2n) is 5.80. The number of hydrogen-bond donors (Lipinski definition) is 1. The maximum absolute atomic E-state index is 12.3. The standard InChI is InChI=1S/C20H19NO5/c1-25-18-12-14(6-8-17(18)22)7-9-20(24)26-13-19(23)21-11-10-15-4-2-3-5-16(15)21/h2-9,12,22H,10-11,13H2,1H3/b9-7+. The van der Waals surface area contributed by atoms with E-state index in [1.807, 2.05) is 24.3 Å². The number of hydrogen-bond acceptors (Lipinski definition) is 5. The number of ether oxygens (including phenoxy) is 2. The van der Waals surface area contributed by atoms with Gasteiger partial charge < -0.3 is 19.5 Å². The Hall–Kier alpha value is -3.28. The summed E-state index contributed by atoms with van der Waals surface area (Å²) >= 11 is 0. The van der Waals surface area contributed by atoms with Crippen LogP contribution < -0.4 is 9.64 Å². The van der Waals surface area contributed by atoms with E-state index in [4.69, 9.17) is 9.47 Å². The van der Waals surface area contributed by atoms with Crippen molar-refractivity contribution < 1.29 is 24.2 Å². The Labute approximate surface area is 151 Å². The minimum atomic E-state index is -0.613. The summed E-state index contributed by atoms with van der Waals surface area (Å²) in [5.74, 6) is -0.534. The summed E-state index contributed by atoms with van der Waals surface area (Å²) < 4.78 is 10.0. The molecule has 1 aliphatic rings. The van der Waals surface area contributed by atoms with Crippen LogP contribution in [0.4, 0.5) is 5.69 Å². The van der Waals surface area contributed by atoms with Crippen LogP contribution in [0.15, 0.2) is 48.5 Å². The fraction of sp³-hybridized carbons (Fsp3) is 0.200. The third-order valence-electron chi connectivity index (χ3n) is 4.14. The number of carbonyl (C=O) groups excluding carboxylic acids is 2. The number of carbonyl (C=O) groups is 2. The number of benzene rings is 2. The van der Waals surface area contributed by atoms with Gasteiger partial charge in [0.25, 0.3) is 5.91 Å². The normalized spacial score (nSPS) is 12.9. The molecule has 1 N–H and O–H groups in total. The van der Waals surface area contributed by atoms with E-state index in [1.54, 1.807) is 17.0 Å². The SMILES string of the molecule is COc1cc(/C=C/C(=O)OCC(=O)N2CCc3ccccc32)ccc1O. The summed E-state index contributed by atoms with van der Waals surface area (Å²) in [5.41, 5.74) is 2.66. The lowest BCUT2D eigenvalue weighted by Crippen LogP contribution is -2.33. The topological polar surface area (TPSA) is 76.1 Å². The highest BCUT2D eigenvalue weighted by Crippen LogP contribution is 2.28. The maximum atomic E-state index is 12.3. The van der Waals surface area contributed by atoms with Crippen LogP contribution in [-0.2, 0) is 20.7 Å². The lowest BCUT2D eigenvalue weighted by molar-refractivity contribution is -0.142. The Morgan fingerprint density at radius 3 is 2.85 bits per heavy atom. The van der Waals surface area contributed by atoms with Crippen molar-refractivity contribution in [3.05, 3.63) is 59.7 Å². The summed E-state index contributed by atoms with van der Waals surface area (Å²) in [6, 6.07) is 12.4. The van der Waals surface area contributed by atoms with Gasteiger partial charge in [0.1, 0.15) is 0 Å². The van der Waals surface area contributed by atoms with E-state index < -0.39 is 5.97 Å². The lowest BCUT2D eigenvalue weighted by atomic mass is 10.2. The van der Waals surface area contributed by atoms with Gasteiger partial charge in [-0.25, -0.2) is 4.79 Å². The highest BCUT2D eigenvalue weighted by molar-refractivity contribution is 5.98. The minimum absolute atomic E-state index is 0.0173. The third kappa shape index (κ3) is 3.85. The molecule has 134 valence electrons. The average Bonchev–Trinajstić information content (AvgIpc) is 3.09. The van der Waals surface area contributed by atoms with Crippen LogP contribution >= 0.6 is 0 Å². The molecule has 1 aliphatic heterocycles. The molecule has 6 heteroatoms. The van der Waals surface area contributed by atoms with Crippen LogP contribution in [0.3, 0.4) is 0 Å². The largest absolute Gasteiger partial charge is 0.504 e. The number of aromatic hydroxyl groups is 1. The van der Waals surface area contributed by atoms with Crippen molar-refractivity contribution >= 4 is 23.6 Å². The van der Waals surface area contributed by atoms with Crippen LogP contribution in [0.5, 0.6) is 11.5 Å². The molecule has 0 bridgehead atoms. The van der Waals surface area contributed by atoms with Crippen molar-refractivity contribution in [3.63, 3.8) is 0 Å². The smallest absolute Gasteiger partial charge is 0.331 e. The van der Waals surface area contributed by atoms with Gasteiger partial charge in [0, 0.05) is 18.3 Å². The Kier molecular flexibility index (Phi) is 5.22. The number of para-hydroxylation sites is 1. The molecule has 0 saturated heterocycles. The Balaban J connectivity index is 1.55. The van der Waals surface area contributed by atoms with Crippen molar-refractivity contribution in [1.82, 2.24) is 0 Å². The zero-order chi connectivity index (χ0) is 18.5. The number of phenolic OH excluding ortho intramolecular Hbond substituents is 1. The third-order valence-corrected chi connectivity index (χ3v) is 4.14. The molecule has 0 radical (unpaired) electrons. The van der Waals surface area contributed by atoms with Crippen LogP contribution in [0, 0.1) is 0 Å². The zero-order valence-corrected chi connectivity index (χ0v) is 14.3. The van der Waals surface area contributed by atoms with E-state index in [1.165, 1.54) is 25.3 Å². The van der Waals surface area contributed by atoms with Crippen molar-refractivity contribution in [2.75, 3.05) is 25.2 Å². The molecular weight excluding hydrogens is 334 g/mol. The quantitative estimate of drug-likeness (QED) is 0.660. The predicted octanol–water partition coefficient (Wildman–Crippen LogP) is 2.55. The number of nitrogens with zero attached hydrogens (tertiary/aromatic N) is 1. The molecule has 0 unspecified atom stereocenters. The predicted molar refractivity (Wildman–Crippen MR) is 97.2 cm³/mol. The molecule has 0 atom stereocenters. The Bertz CT molecular complexity index is 859. The van der Waals surface area contributed by atoms with Crippen molar-refractivity contribution in [3.8, 4) is 11.5 Å². The molecular formula is C20H19NO5. The number of anilines is 1. The van der Waals surface area contributed by atoms with Crippen molar-refractivity contribution in [2.24, 2.45) is 0 Å².